The molecule has 1 fully saturated rings. The molecule has 0 aromatic rings. The van der Waals surface area contributed by atoms with Crippen molar-refractivity contribution in [3.8, 4) is 12.3 Å². The van der Waals surface area contributed by atoms with E-state index in [4.69, 9.17) is 6.42 Å². The monoisotopic (exact) mass is 340 g/mol. The summed E-state index contributed by atoms with van der Waals surface area (Å²) >= 11 is 2.49. The molecule has 2 aliphatic rings. The van der Waals surface area contributed by atoms with Gasteiger partial charge in [0, 0.05) is 0 Å². The van der Waals surface area contributed by atoms with Gasteiger partial charge in [-0.05, 0) is 62.8 Å². The first-order valence-electron chi connectivity index (χ1n) is 6.68. The molecule has 1 saturated carbocycles. The minimum atomic E-state index is 0.325. The Hall–Kier alpha value is -0.230. The fourth-order valence-corrected chi connectivity index (χ4v) is 4.03. The van der Waals surface area contributed by atoms with Gasteiger partial charge in [0.05, 0.1) is 5.92 Å². The van der Waals surface area contributed by atoms with Crippen molar-refractivity contribution in [2.24, 2.45) is 11.3 Å². The number of rotatable bonds is 2. The molecule has 2 aliphatic carbocycles. The topological polar surface area (TPSA) is 0 Å². The Kier molecular flexibility index (Phi) is 4.36. The zero-order valence-electron chi connectivity index (χ0n) is 10.6. The highest BCUT2D eigenvalue weighted by atomic mass is 127. The maximum Gasteiger partial charge on any atom is 0.0510 e. The Morgan fingerprint density at radius 3 is 2.65 bits per heavy atom. The zero-order chi connectivity index (χ0) is 12.3. The Balaban J connectivity index is 2.27. The minimum absolute atomic E-state index is 0.325. The van der Waals surface area contributed by atoms with Crippen LogP contribution >= 0.6 is 22.6 Å². The molecule has 0 aromatic carbocycles. The molecule has 0 saturated heterocycles. The average Bonchev–Trinajstić information content (AvgIpc) is 2.33. The molecule has 0 spiro atoms. The Morgan fingerprint density at radius 2 is 2.06 bits per heavy atom. The molecule has 0 amide bonds. The summed E-state index contributed by atoms with van der Waals surface area (Å²) in [5.74, 6) is 3.42. The number of hydrogen-bond donors (Lipinski definition) is 0. The molecule has 92 valence electrons. The molecule has 0 aliphatic heterocycles. The predicted octanol–water partition coefficient (Wildman–Crippen LogP) is 5.25. The van der Waals surface area contributed by atoms with Crippen molar-refractivity contribution in [2.75, 3.05) is 0 Å². The van der Waals surface area contributed by atoms with Crippen LogP contribution in [0.2, 0.25) is 0 Å². The highest BCUT2D eigenvalue weighted by Crippen LogP contribution is 2.47. The largest absolute Gasteiger partial charge is 0.119 e. The van der Waals surface area contributed by atoms with Gasteiger partial charge in [0.25, 0.3) is 0 Å². The molecule has 0 radical (unpaired) electrons. The van der Waals surface area contributed by atoms with Crippen molar-refractivity contribution in [3.63, 3.8) is 0 Å². The summed E-state index contributed by atoms with van der Waals surface area (Å²) in [6.07, 6.45) is 19.5. The number of halogens is 1. The van der Waals surface area contributed by atoms with Gasteiger partial charge in [-0.15, -0.1) is 6.42 Å². The average molecular weight is 340 g/mol. The Bertz CT molecular complexity index is 375. The third kappa shape index (κ3) is 2.78. The lowest BCUT2D eigenvalue weighted by Gasteiger charge is -2.39. The molecule has 1 atom stereocenters. The maximum absolute atomic E-state index is 5.86. The Morgan fingerprint density at radius 1 is 1.35 bits per heavy atom. The third-order valence-corrected chi connectivity index (χ3v) is 5.47. The second-order valence-electron chi connectivity index (χ2n) is 5.62. The molecule has 17 heavy (non-hydrogen) atoms. The number of terminal acetylenes is 1. The summed E-state index contributed by atoms with van der Waals surface area (Å²) in [7, 11) is 0. The van der Waals surface area contributed by atoms with Crippen molar-refractivity contribution in [3.05, 3.63) is 21.3 Å². The van der Waals surface area contributed by atoms with E-state index in [-0.39, 0.29) is 0 Å². The molecule has 1 unspecified atom stereocenters. The van der Waals surface area contributed by atoms with Crippen LogP contribution in [0.3, 0.4) is 0 Å². The van der Waals surface area contributed by atoms with E-state index in [0.29, 0.717) is 11.3 Å². The highest BCUT2D eigenvalue weighted by molar-refractivity contribution is 14.1. The van der Waals surface area contributed by atoms with Crippen molar-refractivity contribution in [1.29, 1.82) is 0 Å². The van der Waals surface area contributed by atoms with Gasteiger partial charge in [-0.3, -0.25) is 0 Å². The molecule has 2 rings (SSSR count). The summed E-state index contributed by atoms with van der Waals surface area (Å²) in [5.41, 5.74) is 1.77. The molecule has 0 heterocycles. The van der Waals surface area contributed by atoms with Gasteiger partial charge < -0.3 is 0 Å². The lowest BCUT2D eigenvalue weighted by Crippen LogP contribution is -2.30. The third-order valence-electron chi connectivity index (χ3n) is 4.31. The van der Waals surface area contributed by atoms with Crippen LogP contribution in [0, 0.1) is 23.7 Å². The fourth-order valence-electron chi connectivity index (χ4n) is 3.22. The van der Waals surface area contributed by atoms with Crippen LogP contribution in [0.15, 0.2) is 21.3 Å². The van der Waals surface area contributed by atoms with E-state index >= 15 is 0 Å². The highest BCUT2D eigenvalue weighted by Gasteiger charge is 2.36. The van der Waals surface area contributed by atoms with E-state index in [2.05, 4.69) is 47.6 Å². The van der Waals surface area contributed by atoms with Gasteiger partial charge in [-0.1, -0.05) is 44.3 Å². The van der Waals surface area contributed by atoms with Crippen LogP contribution in [-0.2, 0) is 0 Å². The molecule has 0 bridgehead atoms. The fraction of sp³-hybridized carbons (Fsp3) is 0.625. The summed E-state index contributed by atoms with van der Waals surface area (Å²) in [5, 5.41) is 0. The van der Waals surface area contributed by atoms with Crippen LogP contribution in [0.5, 0.6) is 0 Å². The standard InChI is InChI=1S/C16H21I/c1-3-14(13-9-5-6-10-15(13)17)16(2)11-7-4-8-12-16/h1,5,9,14H,4,6-8,10-12H2,2H3. The first-order valence-corrected chi connectivity index (χ1v) is 7.76. The van der Waals surface area contributed by atoms with Crippen molar-refractivity contribution < 1.29 is 0 Å². The number of hydrogen-bond acceptors (Lipinski definition) is 0. The lowest BCUT2D eigenvalue weighted by molar-refractivity contribution is 0.176. The molecule has 0 aromatic heterocycles. The van der Waals surface area contributed by atoms with Gasteiger partial charge in [0.15, 0.2) is 0 Å². The van der Waals surface area contributed by atoms with Crippen molar-refractivity contribution in [2.45, 2.75) is 51.9 Å². The minimum Gasteiger partial charge on any atom is -0.119 e. The molecule has 1 heteroatoms. The predicted molar refractivity (Wildman–Crippen MR) is 82.9 cm³/mol. The lowest BCUT2D eigenvalue weighted by atomic mass is 9.64. The zero-order valence-corrected chi connectivity index (χ0v) is 12.8. The Labute approximate surface area is 119 Å². The van der Waals surface area contributed by atoms with E-state index < -0.39 is 0 Å². The first kappa shape index (κ1) is 13.2. The van der Waals surface area contributed by atoms with Gasteiger partial charge in [-0.25, -0.2) is 0 Å². The second kappa shape index (κ2) is 5.61. The van der Waals surface area contributed by atoms with Gasteiger partial charge >= 0.3 is 0 Å². The molecule has 0 N–H and O–H groups in total. The summed E-state index contributed by atoms with van der Waals surface area (Å²) in [6, 6.07) is 0. The van der Waals surface area contributed by atoms with Crippen molar-refractivity contribution in [1.82, 2.24) is 0 Å². The van der Waals surface area contributed by atoms with E-state index in [0.717, 1.165) is 0 Å². The molecular weight excluding hydrogens is 319 g/mol. The van der Waals surface area contributed by atoms with Crippen molar-refractivity contribution >= 4 is 22.6 Å². The van der Waals surface area contributed by atoms with Crippen LogP contribution < -0.4 is 0 Å². The van der Waals surface area contributed by atoms with Crippen LogP contribution in [-0.4, -0.2) is 0 Å². The van der Waals surface area contributed by atoms with E-state index in [9.17, 15) is 0 Å². The first-order chi connectivity index (χ1) is 8.17. The van der Waals surface area contributed by atoms with Gasteiger partial charge in [0.1, 0.15) is 0 Å². The SMILES string of the molecule is C#CC(C1=C(I)CCC=C1)C1(C)CCCCC1. The van der Waals surface area contributed by atoms with Crippen LogP contribution in [0.4, 0.5) is 0 Å². The maximum atomic E-state index is 5.86. The summed E-state index contributed by atoms with van der Waals surface area (Å²) in [6.45, 7) is 2.40. The van der Waals surface area contributed by atoms with E-state index in [1.165, 1.54) is 54.1 Å². The molecule has 0 nitrogen and oxygen atoms in total. The summed E-state index contributed by atoms with van der Waals surface area (Å²) < 4.78 is 1.49. The number of allylic oxidation sites excluding steroid dienone is 4. The second-order valence-corrected chi connectivity index (χ2v) is 6.92. The smallest absolute Gasteiger partial charge is 0.0510 e. The molecular formula is C16H21I. The van der Waals surface area contributed by atoms with Gasteiger partial charge in [0.2, 0.25) is 0 Å². The van der Waals surface area contributed by atoms with E-state index in [1.54, 1.807) is 0 Å². The van der Waals surface area contributed by atoms with Crippen LogP contribution in [0.25, 0.3) is 0 Å². The quantitative estimate of drug-likeness (QED) is 0.476. The van der Waals surface area contributed by atoms with Crippen LogP contribution in [0.1, 0.15) is 51.9 Å². The van der Waals surface area contributed by atoms with Gasteiger partial charge in [-0.2, -0.15) is 0 Å². The van der Waals surface area contributed by atoms with E-state index in [1.807, 2.05) is 0 Å². The normalized spacial score (nSPS) is 25.5. The summed E-state index contributed by atoms with van der Waals surface area (Å²) in [4.78, 5) is 0.